The van der Waals surface area contributed by atoms with E-state index in [2.05, 4.69) is 11.1 Å². The van der Waals surface area contributed by atoms with Crippen molar-refractivity contribution in [3.8, 4) is 17.7 Å². The molecule has 90 valence electrons. The number of nitriles is 1. The van der Waals surface area contributed by atoms with Crippen LogP contribution in [-0.2, 0) is 6.42 Å². The molecule has 0 aliphatic rings. The van der Waals surface area contributed by atoms with Gasteiger partial charge >= 0.3 is 0 Å². The Morgan fingerprint density at radius 2 is 1.89 bits per heavy atom. The summed E-state index contributed by atoms with van der Waals surface area (Å²) >= 11 is 11.8. The molecule has 1 aromatic heterocycles. The first-order valence-corrected chi connectivity index (χ1v) is 5.90. The van der Waals surface area contributed by atoms with Crippen LogP contribution in [0.5, 0.6) is 11.6 Å². The lowest BCUT2D eigenvalue weighted by molar-refractivity contribution is 0.463. The number of halogens is 2. The Morgan fingerprint density at radius 3 is 2.56 bits per heavy atom. The fourth-order valence-electron chi connectivity index (χ4n) is 1.35. The van der Waals surface area contributed by atoms with Gasteiger partial charge in [-0.25, -0.2) is 4.98 Å². The topological polar surface area (TPSA) is 45.9 Å². The predicted molar refractivity (Wildman–Crippen MR) is 70.1 cm³/mol. The van der Waals surface area contributed by atoms with E-state index >= 15 is 0 Å². The van der Waals surface area contributed by atoms with Crippen molar-refractivity contribution >= 4 is 23.2 Å². The average molecular weight is 279 g/mol. The van der Waals surface area contributed by atoms with E-state index in [1.165, 1.54) is 6.20 Å². The zero-order valence-electron chi connectivity index (χ0n) is 9.23. The van der Waals surface area contributed by atoms with Gasteiger partial charge in [0.05, 0.1) is 17.5 Å². The third kappa shape index (κ3) is 2.92. The summed E-state index contributed by atoms with van der Waals surface area (Å²) in [6, 6.07) is 10.8. The molecule has 0 atom stereocenters. The Kier molecular flexibility index (Phi) is 4.03. The molecule has 0 aliphatic carbocycles. The first-order chi connectivity index (χ1) is 8.70. The highest BCUT2D eigenvalue weighted by atomic mass is 35.5. The first-order valence-electron chi connectivity index (χ1n) is 5.14. The highest BCUT2D eigenvalue weighted by molar-refractivity contribution is 6.42. The van der Waals surface area contributed by atoms with Crippen molar-refractivity contribution in [2.75, 3.05) is 0 Å². The van der Waals surface area contributed by atoms with Crippen LogP contribution in [0.3, 0.4) is 0 Å². The lowest BCUT2D eigenvalue weighted by Crippen LogP contribution is -1.90. The summed E-state index contributed by atoms with van der Waals surface area (Å²) in [4.78, 5) is 4.00. The molecule has 0 saturated heterocycles. The fourth-order valence-corrected chi connectivity index (χ4v) is 1.64. The van der Waals surface area contributed by atoms with Crippen molar-refractivity contribution in [2.24, 2.45) is 0 Å². The minimum atomic E-state index is 0.261. The molecule has 18 heavy (non-hydrogen) atoms. The van der Waals surface area contributed by atoms with Gasteiger partial charge in [0.15, 0.2) is 0 Å². The normalized spacial score (nSPS) is 9.83. The minimum absolute atomic E-state index is 0.261. The summed E-state index contributed by atoms with van der Waals surface area (Å²) in [6.07, 6.45) is 1.89. The number of rotatable bonds is 3. The van der Waals surface area contributed by atoms with Crippen LogP contribution >= 0.6 is 23.2 Å². The molecule has 0 amide bonds. The van der Waals surface area contributed by atoms with Gasteiger partial charge in [0.25, 0.3) is 0 Å². The van der Waals surface area contributed by atoms with Gasteiger partial charge in [-0.15, -0.1) is 0 Å². The lowest BCUT2D eigenvalue weighted by atomic mass is 10.2. The molecule has 0 spiro atoms. The molecule has 0 radical (unpaired) electrons. The summed E-state index contributed by atoms with van der Waals surface area (Å²) in [6.45, 7) is 0. The van der Waals surface area contributed by atoms with Crippen LogP contribution in [0.15, 0.2) is 36.5 Å². The Balaban J connectivity index is 2.19. The number of hydrogen-bond donors (Lipinski definition) is 0. The number of pyridine rings is 1. The van der Waals surface area contributed by atoms with Crippen LogP contribution in [0.4, 0.5) is 0 Å². The summed E-state index contributed by atoms with van der Waals surface area (Å²) in [5.74, 6) is 0.852. The van der Waals surface area contributed by atoms with Gasteiger partial charge in [-0.05, 0) is 23.8 Å². The number of aromatic nitrogens is 1. The largest absolute Gasteiger partial charge is 0.437 e. The molecule has 0 unspecified atom stereocenters. The smallest absolute Gasteiger partial charge is 0.239 e. The second-order valence-corrected chi connectivity index (χ2v) is 4.28. The SMILES string of the molecule is N#CCc1ccc(Oc2nccc(Cl)c2Cl)cc1. The number of ether oxygens (including phenoxy) is 1. The molecule has 0 N–H and O–H groups in total. The van der Waals surface area contributed by atoms with E-state index in [1.807, 2.05) is 12.1 Å². The van der Waals surface area contributed by atoms with Gasteiger partial charge < -0.3 is 4.74 Å². The van der Waals surface area contributed by atoms with Crippen molar-refractivity contribution in [1.82, 2.24) is 4.98 Å². The maximum absolute atomic E-state index is 8.57. The zero-order valence-corrected chi connectivity index (χ0v) is 10.7. The lowest BCUT2D eigenvalue weighted by Gasteiger charge is -2.07. The first kappa shape index (κ1) is 12.7. The number of hydrogen-bond acceptors (Lipinski definition) is 3. The highest BCUT2D eigenvalue weighted by Crippen LogP contribution is 2.32. The monoisotopic (exact) mass is 278 g/mol. The van der Waals surface area contributed by atoms with Crippen LogP contribution in [0.25, 0.3) is 0 Å². The van der Waals surface area contributed by atoms with E-state index in [0.717, 1.165) is 5.56 Å². The molecule has 5 heteroatoms. The van der Waals surface area contributed by atoms with Gasteiger partial charge in [0.1, 0.15) is 10.8 Å². The van der Waals surface area contributed by atoms with Gasteiger partial charge in [-0.1, -0.05) is 35.3 Å². The maximum atomic E-state index is 8.57. The van der Waals surface area contributed by atoms with E-state index in [-0.39, 0.29) is 10.9 Å². The number of benzene rings is 1. The maximum Gasteiger partial charge on any atom is 0.239 e. The van der Waals surface area contributed by atoms with Crippen LogP contribution in [0, 0.1) is 11.3 Å². The molecule has 1 aromatic carbocycles. The highest BCUT2D eigenvalue weighted by Gasteiger charge is 2.08. The Bertz CT molecular complexity index is 591. The zero-order chi connectivity index (χ0) is 13.0. The van der Waals surface area contributed by atoms with Crippen molar-refractivity contribution < 1.29 is 4.74 Å². The fraction of sp³-hybridized carbons (Fsp3) is 0.0769. The van der Waals surface area contributed by atoms with Crippen LogP contribution in [0.2, 0.25) is 10.0 Å². The molecule has 2 aromatic rings. The van der Waals surface area contributed by atoms with Gasteiger partial charge in [-0.2, -0.15) is 5.26 Å². The Hall–Kier alpha value is -1.76. The quantitative estimate of drug-likeness (QED) is 0.843. The molecular weight excluding hydrogens is 271 g/mol. The van der Waals surface area contributed by atoms with E-state index in [1.54, 1.807) is 18.2 Å². The van der Waals surface area contributed by atoms with Crippen LogP contribution in [0.1, 0.15) is 5.56 Å². The number of nitrogens with zero attached hydrogens (tertiary/aromatic N) is 2. The summed E-state index contributed by atoms with van der Waals surface area (Å²) in [5, 5.41) is 9.24. The molecule has 3 nitrogen and oxygen atoms in total. The van der Waals surface area contributed by atoms with Gasteiger partial charge in [0, 0.05) is 6.20 Å². The van der Waals surface area contributed by atoms with Crippen molar-refractivity contribution in [1.29, 1.82) is 5.26 Å². The molecule has 0 bridgehead atoms. The van der Waals surface area contributed by atoms with Crippen LogP contribution in [-0.4, -0.2) is 4.98 Å². The van der Waals surface area contributed by atoms with E-state index in [0.29, 0.717) is 17.2 Å². The second-order valence-electron chi connectivity index (χ2n) is 3.49. The summed E-state index contributed by atoms with van der Waals surface area (Å²) in [7, 11) is 0. The average Bonchev–Trinajstić information content (AvgIpc) is 2.38. The Morgan fingerprint density at radius 1 is 1.17 bits per heavy atom. The van der Waals surface area contributed by atoms with Gasteiger partial charge in [0.2, 0.25) is 5.88 Å². The molecule has 0 fully saturated rings. The predicted octanol–water partition coefficient (Wildman–Crippen LogP) is 4.25. The molecular formula is C13H8Cl2N2O. The van der Waals surface area contributed by atoms with E-state index < -0.39 is 0 Å². The minimum Gasteiger partial charge on any atom is -0.437 e. The molecule has 2 rings (SSSR count). The molecule has 0 aliphatic heterocycles. The molecule has 0 saturated carbocycles. The van der Waals surface area contributed by atoms with Gasteiger partial charge in [-0.3, -0.25) is 0 Å². The van der Waals surface area contributed by atoms with E-state index in [9.17, 15) is 0 Å². The van der Waals surface area contributed by atoms with Crippen molar-refractivity contribution in [2.45, 2.75) is 6.42 Å². The van der Waals surface area contributed by atoms with Crippen molar-refractivity contribution in [3.05, 3.63) is 52.1 Å². The van der Waals surface area contributed by atoms with Crippen LogP contribution < -0.4 is 4.74 Å². The van der Waals surface area contributed by atoms with Crippen molar-refractivity contribution in [3.63, 3.8) is 0 Å². The Labute approximate surface area is 115 Å². The third-order valence-electron chi connectivity index (χ3n) is 2.23. The second kappa shape index (κ2) is 5.72. The molecule has 1 heterocycles. The summed E-state index contributed by atoms with van der Waals surface area (Å²) < 4.78 is 5.51. The third-order valence-corrected chi connectivity index (χ3v) is 3.01. The standard InChI is InChI=1S/C13H8Cl2N2O/c14-11-6-8-17-13(12(11)15)18-10-3-1-9(2-4-10)5-7-16/h1-4,6,8H,5H2. The summed E-state index contributed by atoms with van der Waals surface area (Å²) in [5.41, 5.74) is 0.926. The van der Waals surface area contributed by atoms with E-state index in [4.69, 9.17) is 33.2 Å².